The van der Waals surface area contributed by atoms with E-state index in [0.29, 0.717) is 0 Å². The van der Waals surface area contributed by atoms with Crippen molar-refractivity contribution >= 4 is 11.8 Å². The molecule has 0 nitrogen and oxygen atoms in total. The zero-order chi connectivity index (χ0) is 6.32. The van der Waals surface area contributed by atoms with E-state index in [0.717, 1.165) is 11.3 Å². The van der Waals surface area contributed by atoms with Gasteiger partial charge >= 0.3 is 0 Å². The SMILES string of the molecule is CCC1CC2(CSC2)C1. The van der Waals surface area contributed by atoms with E-state index >= 15 is 0 Å². The maximum absolute atomic E-state index is 2.32. The first-order chi connectivity index (χ1) is 4.35. The van der Waals surface area contributed by atoms with Crippen LogP contribution in [0, 0.1) is 11.3 Å². The van der Waals surface area contributed by atoms with Crippen molar-refractivity contribution in [1.82, 2.24) is 0 Å². The van der Waals surface area contributed by atoms with Crippen LogP contribution in [0.15, 0.2) is 0 Å². The molecule has 1 heterocycles. The van der Waals surface area contributed by atoms with Crippen molar-refractivity contribution in [1.29, 1.82) is 0 Å². The molecule has 2 fully saturated rings. The van der Waals surface area contributed by atoms with E-state index in [2.05, 4.69) is 18.7 Å². The molecule has 0 unspecified atom stereocenters. The predicted molar refractivity (Wildman–Crippen MR) is 42.8 cm³/mol. The van der Waals surface area contributed by atoms with Gasteiger partial charge in [-0.05, 0) is 35.7 Å². The molecule has 2 rings (SSSR count). The van der Waals surface area contributed by atoms with Gasteiger partial charge in [0.25, 0.3) is 0 Å². The molecule has 0 N–H and O–H groups in total. The molecular weight excluding hydrogens is 128 g/mol. The lowest BCUT2D eigenvalue weighted by Crippen LogP contribution is -2.47. The van der Waals surface area contributed by atoms with Crippen LogP contribution in [0.3, 0.4) is 0 Å². The number of hydrogen-bond donors (Lipinski definition) is 0. The molecule has 0 amide bonds. The molecule has 0 bridgehead atoms. The Hall–Kier alpha value is 0.350. The average Bonchev–Trinajstić information content (AvgIpc) is 1.59. The fourth-order valence-corrected chi connectivity index (χ4v) is 3.33. The fourth-order valence-electron chi connectivity index (χ4n) is 2.08. The molecule has 2 aliphatic rings. The lowest BCUT2D eigenvalue weighted by molar-refractivity contribution is 0.0921. The van der Waals surface area contributed by atoms with Gasteiger partial charge in [-0.1, -0.05) is 13.3 Å². The maximum atomic E-state index is 2.32. The molecule has 9 heavy (non-hydrogen) atoms. The van der Waals surface area contributed by atoms with E-state index in [9.17, 15) is 0 Å². The standard InChI is InChI=1S/C8H14S/c1-2-7-3-8(4-7)5-9-6-8/h7H,2-6H2,1H3. The largest absolute Gasteiger partial charge is 0.161 e. The molecule has 0 atom stereocenters. The van der Waals surface area contributed by atoms with Gasteiger partial charge in [-0.25, -0.2) is 0 Å². The quantitative estimate of drug-likeness (QED) is 0.542. The van der Waals surface area contributed by atoms with Gasteiger partial charge in [-0.3, -0.25) is 0 Å². The van der Waals surface area contributed by atoms with E-state index in [4.69, 9.17) is 0 Å². The summed E-state index contributed by atoms with van der Waals surface area (Å²) in [4.78, 5) is 0. The number of thioether (sulfide) groups is 1. The maximum Gasteiger partial charge on any atom is -0.000249 e. The van der Waals surface area contributed by atoms with E-state index in [1.54, 1.807) is 12.8 Å². The predicted octanol–water partition coefficient (Wildman–Crippen LogP) is 2.54. The van der Waals surface area contributed by atoms with Gasteiger partial charge in [-0.15, -0.1) is 0 Å². The van der Waals surface area contributed by atoms with Crippen molar-refractivity contribution in [3.8, 4) is 0 Å². The van der Waals surface area contributed by atoms with Crippen LogP contribution in [0.5, 0.6) is 0 Å². The van der Waals surface area contributed by atoms with Crippen molar-refractivity contribution in [2.75, 3.05) is 11.5 Å². The third-order valence-electron chi connectivity index (χ3n) is 2.84. The Morgan fingerprint density at radius 1 is 1.44 bits per heavy atom. The van der Waals surface area contributed by atoms with Crippen LogP contribution >= 0.6 is 11.8 Å². The minimum Gasteiger partial charge on any atom is -0.161 e. The summed E-state index contributed by atoms with van der Waals surface area (Å²) in [7, 11) is 0. The summed E-state index contributed by atoms with van der Waals surface area (Å²) in [6, 6.07) is 0. The molecule has 1 aliphatic carbocycles. The van der Waals surface area contributed by atoms with Gasteiger partial charge in [0.1, 0.15) is 0 Å². The second-order valence-electron chi connectivity index (χ2n) is 3.68. The van der Waals surface area contributed by atoms with Crippen LogP contribution in [0.4, 0.5) is 0 Å². The van der Waals surface area contributed by atoms with Crippen molar-refractivity contribution in [2.45, 2.75) is 26.2 Å². The molecule has 0 aromatic rings. The summed E-state index contributed by atoms with van der Waals surface area (Å²) < 4.78 is 0. The highest BCUT2D eigenvalue weighted by atomic mass is 32.2. The topological polar surface area (TPSA) is 0 Å². The number of rotatable bonds is 1. The van der Waals surface area contributed by atoms with Gasteiger partial charge in [0.05, 0.1) is 0 Å². The lowest BCUT2D eigenvalue weighted by Gasteiger charge is -2.53. The van der Waals surface area contributed by atoms with E-state index in [1.165, 1.54) is 17.9 Å². The first kappa shape index (κ1) is 6.09. The smallest absolute Gasteiger partial charge is 0.000249 e. The molecule has 1 saturated carbocycles. The summed E-state index contributed by atoms with van der Waals surface area (Å²) in [6.45, 7) is 2.32. The Labute approximate surface area is 61.4 Å². The second kappa shape index (κ2) is 1.91. The van der Waals surface area contributed by atoms with E-state index < -0.39 is 0 Å². The van der Waals surface area contributed by atoms with Gasteiger partial charge in [-0.2, -0.15) is 11.8 Å². The Kier molecular flexibility index (Phi) is 1.29. The highest BCUT2D eigenvalue weighted by Gasteiger charge is 2.47. The zero-order valence-corrected chi connectivity index (χ0v) is 6.84. The molecule has 0 radical (unpaired) electrons. The molecule has 52 valence electrons. The van der Waals surface area contributed by atoms with Crippen LogP contribution < -0.4 is 0 Å². The first-order valence-corrected chi connectivity index (χ1v) is 5.08. The molecule has 1 heteroatoms. The molecule has 1 saturated heterocycles. The van der Waals surface area contributed by atoms with Gasteiger partial charge < -0.3 is 0 Å². The zero-order valence-electron chi connectivity index (χ0n) is 6.02. The first-order valence-electron chi connectivity index (χ1n) is 3.92. The molecule has 1 spiro atoms. The monoisotopic (exact) mass is 142 g/mol. The fraction of sp³-hybridized carbons (Fsp3) is 1.00. The van der Waals surface area contributed by atoms with Crippen LogP contribution in [0.1, 0.15) is 26.2 Å². The lowest BCUT2D eigenvalue weighted by atomic mass is 9.63. The second-order valence-corrected chi connectivity index (χ2v) is 4.66. The Bertz CT molecular complexity index is 108. The summed E-state index contributed by atoms with van der Waals surface area (Å²) in [5.74, 6) is 4.05. The molecule has 0 aromatic heterocycles. The van der Waals surface area contributed by atoms with Crippen molar-refractivity contribution in [2.24, 2.45) is 11.3 Å². The molecular formula is C8H14S. The Morgan fingerprint density at radius 3 is 2.44 bits per heavy atom. The summed E-state index contributed by atoms with van der Waals surface area (Å²) in [5.41, 5.74) is 0.880. The van der Waals surface area contributed by atoms with Crippen molar-refractivity contribution < 1.29 is 0 Å². The highest BCUT2D eigenvalue weighted by Crippen LogP contribution is 2.56. The molecule has 0 aromatic carbocycles. The van der Waals surface area contributed by atoms with Crippen molar-refractivity contribution in [3.05, 3.63) is 0 Å². The third-order valence-corrected chi connectivity index (χ3v) is 4.47. The van der Waals surface area contributed by atoms with E-state index in [-0.39, 0.29) is 0 Å². The minimum atomic E-state index is 0.880. The van der Waals surface area contributed by atoms with Crippen LogP contribution in [-0.2, 0) is 0 Å². The van der Waals surface area contributed by atoms with Gasteiger partial charge in [0.2, 0.25) is 0 Å². The normalized spacial score (nSPS) is 31.7. The Balaban J connectivity index is 1.82. The molecule has 1 aliphatic heterocycles. The third kappa shape index (κ3) is 0.813. The van der Waals surface area contributed by atoms with Crippen molar-refractivity contribution in [3.63, 3.8) is 0 Å². The minimum absolute atomic E-state index is 0.880. The van der Waals surface area contributed by atoms with E-state index in [1.807, 2.05) is 0 Å². The summed E-state index contributed by atoms with van der Waals surface area (Å²) in [5, 5.41) is 0. The van der Waals surface area contributed by atoms with Crippen LogP contribution in [-0.4, -0.2) is 11.5 Å². The highest BCUT2D eigenvalue weighted by molar-refractivity contribution is 8.00. The average molecular weight is 142 g/mol. The van der Waals surface area contributed by atoms with Crippen LogP contribution in [0.2, 0.25) is 0 Å². The van der Waals surface area contributed by atoms with Gasteiger partial charge in [0, 0.05) is 0 Å². The van der Waals surface area contributed by atoms with Gasteiger partial charge in [0.15, 0.2) is 0 Å². The number of hydrogen-bond acceptors (Lipinski definition) is 1. The Morgan fingerprint density at radius 2 is 2.11 bits per heavy atom. The van der Waals surface area contributed by atoms with Crippen LogP contribution in [0.25, 0.3) is 0 Å². The summed E-state index contributed by atoms with van der Waals surface area (Å²) in [6.07, 6.45) is 4.53. The summed E-state index contributed by atoms with van der Waals surface area (Å²) >= 11 is 2.13.